The molecule has 0 aromatic carbocycles. The van der Waals surface area contributed by atoms with Gasteiger partial charge in [-0.3, -0.25) is 4.57 Å². The molecule has 4 nitrogen and oxygen atoms in total. The Kier molecular flexibility index (Phi) is 2.35. The van der Waals surface area contributed by atoms with Crippen molar-refractivity contribution in [2.24, 2.45) is 0 Å². The molecule has 1 aliphatic rings. The van der Waals surface area contributed by atoms with Crippen LogP contribution in [0.3, 0.4) is 0 Å². The van der Waals surface area contributed by atoms with E-state index in [9.17, 15) is 4.79 Å². The highest BCUT2D eigenvalue weighted by Gasteiger charge is 2.20. The molecular weight excluding hydrogens is 178 g/mol. The molecule has 3 N–H and O–H groups in total. The first-order valence-corrected chi connectivity index (χ1v) is 5.26. The number of aromatic nitrogens is 2. The van der Waals surface area contributed by atoms with Crippen LogP contribution in [0.15, 0.2) is 4.79 Å². The van der Waals surface area contributed by atoms with Crippen molar-refractivity contribution in [3.05, 3.63) is 16.2 Å². The summed E-state index contributed by atoms with van der Waals surface area (Å²) in [7, 11) is 0. The molecule has 0 atom stereocenters. The lowest BCUT2D eigenvalue weighted by molar-refractivity contribution is 0.350. The van der Waals surface area contributed by atoms with Gasteiger partial charge in [-0.15, -0.1) is 0 Å². The van der Waals surface area contributed by atoms with Crippen molar-refractivity contribution >= 4 is 5.82 Å². The van der Waals surface area contributed by atoms with Gasteiger partial charge in [-0.1, -0.05) is 19.3 Å². The number of rotatable bonds is 1. The average molecular weight is 195 g/mol. The summed E-state index contributed by atoms with van der Waals surface area (Å²) >= 11 is 0. The summed E-state index contributed by atoms with van der Waals surface area (Å²) in [5.41, 5.74) is 6.61. The molecule has 1 aliphatic carbocycles. The zero-order valence-electron chi connectivity index (χ0n) is 8.55. The Labute approximate surface area is 83.1 Å². The molecule has 1 heterocycles. The number of anilines is 1. The monoisotopic (exact) mass is 195 g/mol. The zero-order chi connectivity index (χ0) is 10.1. The first-order chi connectivity index (χ1) is 6.70. The number of hydrogen-bond acceptors (Lipinski definition) is 2. The number of aromatic amines is 1. The van der Waals surface area contributed by atoms with E-state index in [1.165, 1.54) is 19.3 Å². The lowest BCUT2D eigenvalue weighted by Crippen LogP contribution is -2.25. The zero-order valence-corrected chi connectivity index (χ0v) is 8.55. The first-order valence-electron chi connectivity index (χ1n) is 5.26. The summed E-state index contributed by atoms with van der Waals surface area (Å²) in [6, 6.07) is 0.321. The van der Waals surface area contributed by atoms with Crippen molar-refractivity contribution in [3.8, 4) is 0 Å². The molecule has 0 amide bonds. The summed E-state index contributed by atoms with van der Waals surface area (Å²) in [5, 5.41) is 0. The largest absolute Gasteiger partial charge is 0.384 e. The van der Waals surface area contributed by atoms with Crippen molar-refractivity contribution in [1.82, 2.24) is 9.55 Å². The third-order valence-corrected chi connectivity index (χ3v) is 3.10. The van der Waals surface area contributed by atoms with Crippen LogP contribution in [0.25, 0.3) is 0 Å². The molecule has 0 bridgehead atoms. The highest BCUT2D eigenvalue weighted by atomic mass is 16.1. The number of nitrogen functional groups attached to an aromatic ring is 1. The number of aryl methyl sites for hydroxylation is 1. The summed E-state index contributed by atoms with van der Waals surface area (Å²) in [4.78, 5) is 14.3. The van der Waals surface area contributed by atoms with Crippen molar-refractivity contribution in [2.75, 3.05) is 5.73 Å². The van der Waals surface area contributed by atoms with Crippen molar-refractivity contribution in [3.63, 3.8) is 0 Å². The molecule has 1 saturated carbocycles. The Bertz CT molecular complexity index is 371. The van der Waals surface area contributed by atoms with E-state index in [-0.39, 0.29) is 5.69 Å². The number of nitrogens with two attached hydrogens (primary N) is 1. The Hall–Kier alpha value is -1.19. The van der Waals surface area contributed by atoms with E-state index < -0.39 is 0 Å². The summed E-state index contributed by atoms with van der Waals surface area (Å²) in [6.45, 7) is 1.84. The molecule has 0 unspecified atom stereocenters. The van der Waals surface area contributed by atoms with Gasteiger partial charge in [0.15, 0.2) is 0 Å². The van der Waals surface area contributed by atoms with Crippen LogP contribution in [-0.4, -0.2) is 9.55 Å². The van der Waals surface area contributed by atoms with Crippen LogP contribution in [0.5, 0.6) is 0 Å². The van der Waals surface area contributed by atoms with Crippen molar-refractivity contribution in [1.29, 1.82) is 0 Å². The molecule has 14 heavy (non-hydrogen) atoms. The first kappa shape index (κ1) is 9.37. The van der Waals surface area contributed by atoms with Crippen LogP contribution in [-0.2, 0) is 0 Å². The van der Waals surface area contributed by atoms with Gasteiger partial charge in [0.2, 0.25) is 0 Å². The maximum Gasteiger partial charge on any atom is 0.327 e. The van der Waals surface area contributed by atoms with Crippen LogP contribution >= 0.6 is 0 Å². The molecule has 2 rings (SSSR count). The number of nitrogens with zero attached hydrogens (tertiary/aromatic N) is 1. The Balaban J connectivity index is 2.34. The van der Waals surface area contributed by atoms with E-state index in [1.807, 2.05) is 6.92 Å². The smallest absolute Gasteiger partial charge is 0.327 e. The topological polar surface area (TPSA) is 63.8 Å². The minimum Gasteiger partial charge on any atom is -0.384 e. The molecule has 0 spiro atoms. The van der Waals surface area contributed by atoms with Crippen LogP contribution in [0.1, 0.15) is 43.8 Å². The molecule has 0 aliphatic heterocycles. The van der Waals surface area contributed by atoms with Gasteiger partial charge in [0.1, 0.15) is 5.82 Å². The highest BCUT2D eigenvalue weighted by molar-refractivity contribution is 5.35. The van der Waals surface area contributed by atoms with Crippen molar-refractivity contribution in [2.45, 2.75) is 45.1 Å². The second-order valence-corrected chi connectivity index (χ2v) is 4.10. The van der Waals surface area contributed by atoms with E-state index in [2.05, 4.69) is 4.98 Å². The average Bonchev–Trinajstić information content (AvgIpc) is 2.43. The maximum atomic E-state index is 11.6. The fourth-order valence-corrected chi connectivity index (χ4v) is 2.28. The van der Waals surface area contributed by atoms with Gasteiger partial charge in [0.25, 0.3) is 0 Å². The lowest BCUT2D eigenvalue weighted by Gasteiger charge is -2.23. The van der Waals surface area contributed by atoms with E-state index in [4.69, 9.17) is 5.73 Å². The van der Waals surface area contributed by atoms with Gasteiger partial charge >= 0.3 is 5.69 Å². The van der Waals surface area contributed by atoms with E-state index >= 15 is 0 Å². The van der Waals surface area contributed by atoms with E-state index in [0.717, 1.165) is 18.5 Å². The fraction of sp³-hybridized carbons (Fsp3) is 0.700. The Morgan fingerprint density at radius 3 is 2.50 bits per heavy atom. The Morgan fingerprint density at radius 2 is 2.00 bits per heavy atom. The second-order valence-electron chi connectivity index (χ2n) is 4.10. The standard InChI is InChI=1S/C10H17N3O/c1-7-9(11)13(10(14)12-7)8-5-3-2-4-6-8/h8H,2-6,11H2,1H3,(H,12,14). The maximum absolute atomic E-state index is 11.6. The third-order valence-electron chi connectivity index (χ3n) is 3.10. The summed E-state index contributed by atoms with van der Waals surface area (Å²) in [6.07, 6.45) is 5.87. The van der Waals surface area contributed by atoms with Gasteiger partial charge in [0, 0.05) is 6.04 Å². The van der Waals surface area contributed by atoms with Gasteiger partial charge in [-0.2, -0.15) is 0 Å². The molecule has 0 saturated heterocycles. The third kappa shape index (κ3) is 1.45. The van der Waals surface area contributed by atoms with Crippen LogP contribution in [0, 0.1) is 6.92 Å². The summed E-state index contributed by atoms with van der Waals surface area (Å²) in [5.74, 6) is 0.613. The molecule has 0 radical (unpaired) electrons. The van der Waals surface area contributed by atoms with E-state index in [1.54, 1.807) is 4.57 Å². The molecule has 1 aromatic heterocycles. The van der Waals surface area contributed by atoms with Gasteiger partial charge < -0.3 is 10.7 Å². The quantitative estimate of drug-likeness (QED) is 0.714. The molecule has 78 valence electrons. The van der Waals surface area contributed by atoms with Gasteiger partial charge in [0.05, 0.1) is 5.69 Å². The SMILES string of the molecule is Cc1[nH]c(=O)n(C2CCCCC2)c1N. The van der Waals surface area contributed by atoms with E-state index in [0.29, 0.717) is 11.9 Å². The number of imidazole rings is 1. The second kappa shape index (κ2) is 3.52. The Morgan fingerprint density at radius 1 is 1.36 bits per heavy atom. The van der Waals surface area contributed by atoms with Crippen molar-refractivity contribution < 1.29 is 0 Å². The molecule has 1 fully saturated rings. The molecular formula is C10H17N3O. The number of nitrogens with one attached hydrogen (secondary N) is 1. The van der Waals surface area contributed by atoms with Crippen LogP contribution in [0.4, 0.5) is 5.82 Å². The van der Waals surface area contributed by atoms with Crippen LogP contribution in [0.2, 0.25) is 0 Å². The van der Waals surface area contributed by atoms with Crippen LogP contribution < -0.4 is 11.4 Å². The fourth-order valence-electron chi connectivity index (χ4n) is 2.28. The lowest BCUT2D eigenvalue weighted by atomic mass is 9.95. The molecule has 4 heteroatoms. The van der Waals surface area contributed by atoms with Gasteiger partial charge in [-0.05, 0) is 19.8 Å². The molecule has 1 aromatic rings. The minimum absolute atomic E-state index is 0.0492. The summed E-state index contributed by atoms with van der Waals surface area (Å²) < 4.78 is 1.73. The predicted octanol–water partition coefficient (Wildman–Crippen LogP) is 1.57. The minimum atomic E-state index is -0.0492. The highest BCUT2D eigenvalue weighted by Crippen LogP contribution is 2.28. The van der Waals surface area contributed by atoms with Gasteiger partial charge in [-0.25, -0.2) is 4.79 Å². The normalized spacial score (nSPS) is 18.6. The predicted molar refractivity (Wildman–Crippen MR) is 56.3 cm³/mol. The number of hydrogen-bond donors (Lipinski definition) is 2. The number of H-pyrrole nitrogens is 1.